The largest absolute Gasteiger partial charge is 0.465 e. The fourth-order valence-corrected chi connectivity index (χ4v) is 7.14. The van der Waals surface area contributed by atoms with Crippen molar-refractivity contribution in [3.8, 4) is 0 Å². The molecule has 3 N–H and O–H groups in total. The summed E-state index contributed by atoms with van der Waals surface area (Å²) in [5, 5.41) is 7.01. The molecule has 0 radical (unpaired) electrons. The lowest BCUT2D eigenvalue weighted by Crippen LogP contribution is -2.57. The third-order valence-electron chi connectivity index (χ3n) is 9.24. The molecule has 1 aromatic carbocycles. The van der Waals surface area contributed by atoms with Gasteiger partial charge in [0.2, 0.25) is 11.8 Å². The van der Waals surface area contributed by atoms with Crippen molar-refractivity contribution < 1.29 is 23.5 Å². The van der Waals surface area contributed by atoms with Gasteiger partial charge in [-0.3, -0.25) is 19.3 Å². The maximum absolute atomic E-state index is 14.4. The molecule has 2 amide bonds. The Bertz CT molecular complexity index is 1230. The highest BCUT2D eigenvalue weighted by Crippen LogP contribution is 2.43. The van der Waals surface area contributed by atoms with E-state index in [1.165, 1.54) is 12.1 Å². The molecule has 1 aromatic heterocycles. The highest BCUT2D eigenvalue weighted by molar-refractivity contribution is 5.90. The summed E-state index contributed by atoms with van der Waals surface area (Å²) in [7, 11) is 1.74. The van der Waals surface area contributed by atoms with Gasteiger partial charge in [0.15, 0.2) is 0 Å². The second-order valence-corrected chi connectivity index (χ2v) is 11.5. The minimum atomic E-state index is -0.584. The molecule has 2 saturated heterocycles. The number of likely N-dealkylation sites (tertiary alicyclic amines) is 2. The first-order valence-corrected chi connectivity index (χ1v) is 14.8. The van der Waals surface area contributed by atoms with E-state index in [0.717, 1.165) is 49.5 Å². The van der Waals surface area contributed by atoms with Crippen LogP contribution in [0.2, 0.25) is 0 Å². The molecular formula is C30H42FN5O4. The number of halogens is 1. The molecule has 5 rings (SSSR count). The van der Waals surface area contributed by atoms with Gasteiger partial charge in [0.1, 0.15) is 11.9 Å². The van der Waals surface area contributed by atoms with E-state index in [9.17, 15) is 18.8 Å². The van der Waals surface area contributed by atoms with Gasteiger partial charge in [-0.15, -0.1) is 0 Å². The molecule has 3 heterocycles. The molecule has 3 aliphatic rings. The van der Waals surface area contributed by atoms with E-state index in [4.69, 9.17) is 4.74 Å². The first-order chi connectivity index (χ1) is 19.3. The average Bonchev–Trinajstić information content (AvgIpc) is 3.66. The van der Waals surface area contributed by atoms with Gasteiger partial charge >= 0.3 is 5.97 Å². The zero-order valence-electron chi connectivity index (χ0n) is 23.7. The van der Waals surface area contributed by atoms with Crippen LogP contribution in [0.3, 0.4) is 0 Å². The molecule has 40 heavy (non-hydrogen) atoms. The Hall–Kier alpha value is -2.98. The van der Waals surface area contributed by atoms with Crippen LogP contribution in [0.1, 0.15) is 63.9 Å². The quantitative estimate of drug-likeness (QED) is 0.411. The summed E-state index contributed by atoms with van der Waals surface area (Å²) in [6, 6.07) is 3.55. The molecule has 1 unspecified atom stereocenters. The van der Waals surface area contributed by atoms with Crippen molar-refractivity contribution >= 4 is 28.7 Å². The number of hydrogen-bond donors (Lipinski definition) is 3. The van der Waals surface area contributed by atoms with Gasteiger partial charge in [0, 0.05) is 42.1 Å². The summed E-state index contributed by atoms with van der Waals surface area (Å²) >= 11 is 0. The van der Waals surface area contributed by atoms with E-state index in [1.54, 1.807) is 27.0 Å². The van der Waals surface area contributed by atoms with Crippen LogP contribution in [-0.4, -0.2) is 90.0 Å². The smallest absolute Gasteiger partial charge is 0.320 e. The fourth-order valence-electron chi connectivity index (χ4n) is 7.14. The Morgan fingerprint density at radius 1 is 1.18 bits per heavy atom. The minimum Gasteiger partial charge on any atom is -0.465 e. The van der Waals surface area contributed by atoms with E-state index in [2.05, 4.69) is 20.5 Å². The van der Waals surface area contributed by atoms with Crippen molar-refractivity contribution in [2.24, 2.45) is 5.92 Å². The number of hydrogen-bond acceptors (Lipinski definition) is 6. The number of nitrogens with zero attached hydrogens (tertiary/aromatic N) is 2. The highest BCUT2D eigenvalue weighted by atomic mass is 19.1. The normalized spacial score (nSPS) is 25.1. The molecule has 9 nitrogen and oxygen atoms in total. The number of aromatic nitrogens is 1. The number of aromatic amines is 1. The molecule has 10 heteroatoms. The van der Waals surface area contributed by atoms with E-state index in [1.807, 2.05) is 11.1 Å². The number of carbonyl (C=O) groups is 3. The van der Waals surface area contributed by atoms with Crippen molar-refractivity contribution in [3.05, 3.63) is 35.8 Å². The first kappa shape index (κ1) is 28.5. The summed E-state index contributed by atoms with van der Waals surface area (Å²) in [4.78, 5) is 47.2. The maximum Gasteiger partial charge on any atom is 0.320 e. The fraction of sp³-hybridized carbons (Fsp3) is 0.633. The van der Waals surface area contributed by atoms with Crippen molar-refractivity contribution in [1.82, 2.24) is 25.4 Å². The second kappa shape index (κ2) is 12.3. The summed E-state index contributed by atoms with van der Waals surface area (Å²) < 4.78 is 19.2. The number of benzene rings is 1. The van der Waals surface area contributed by atoms with Crippen LogP contribution in [0.15, 0.2) is 24.4 Å². The number of amides is 2. The van der Waals surface area contributed by atoms with Gasteiger partial charge in [0.25, 0.3) is 0 Å². The number of ether oxygens (including phenoxy) is 1. The number of carbonyl (C=O) groups excluding carboxylic acids is 3. The third-order valence-corrected chi connectivity index (χ3v) is 9.24. The van der Waals surface area contributed by atoms with Gasteiger partial charge in [-0.05, 0) is 69.8 Å². The number of esters is 1. The summed E-state index contributed by atoms with van der Waals surface area (Å²) in [5.41, 5.74) is 1.72. The third kappa shape index (κ3) is 5.61. The van der Waals surface area contributed by atoms with E-state index in [0.29, 0.717) is 25.2 Å². The Morgan fingerprint density at radius 3 is 2.67 bits per heavy atom. The Balaban J connectivity index is 1.47. The lowest BCUT2D eigenvalue weighted by atomic mass is 9.82. The van der Waals surface area contributed by atoms with Crippen LogP contribution < -0.4 is 10.6 Å². The summed E-state index contributed by atoms with van der Waals surface area (Å²) in [6.07, 6.45) is 7.74. The molecule has 1 aliphatic carbocycles. The molecular weight excluding hydrogens is 513 g/mol. The number of fused-ring (bicyclic) bond motifs is 2. The number of rotatable bonds is 9. The van der Waals surface area contributed by atoms with Crippen LogP contribution in [0.25, 0.3) is 10.9 Å². The second-order valence-electron chi connectivity index (χ2n) is 11.5. The average molecular weight is 556 g/mol. The predicted octanol–water partition coefficient (Wildman–Crippen LogP) is 2.91. The van der Waals surface area contributed by atoms with Crippen LogP contribution in [0.4, 0.5) is 4.39 Å². The lowest BCUT2D eigenvalue weighted by Gasteiger charge is -2.36. The van der Waals surface area contributed by atoms with E-state index >= 15 is 0 Å². The Morgan fingerprint density at radius 2 is 1.95 bits per heavy atom. The van der Waals surface area contributed by atoms with E-state index in [-0.39, 0.29) is 54.1 Å². The maximum atomic E-state index is 14.4. The monoisotopic (exact) mass is 555 g/mol. The van der Waals surface area contributed by atoms with Gasteiger partial charge in [-0.2, -0.15) is 0 Å². The zero-order valence-corrected chi connectivity index (χ0v) is 23.7. The van der Waals surface area contributed by atoms with Crippen molar-refractivity contribution in [3.63, 3.8) is 0 Å². The topological polar surface area (TPSA) is 107 Å². The van der Waals surface area contributed by atoms with Gasteiger partial charge < -0.3 is 25.3 Å². The summed E-state index contributed by atoms with van der Waals surface area (Å²) in [6.45, 7) is 5.21. The van der Waals surface area contributed by atoms with Crippen LogP contribution >= 0.6 is 0 Å². The standard InChI is InChI=1S/C30H42FN5O4/c1-4-40-26(37)17-35-16-23(22-15-33-24-14-20(31)10-11-21(22)24)28-25(35)12-13-36(28)30(39)27(19-8-6-5-7-9-19)34-29(38)18(2)32-3/h10-11,14-15,18-19,23,25,27-28,32-33H,4-9,12-13,16-17H2,1-3H3,(H,34,38)/t18-,23+,25+,27?,28+/m0/s1. The molecule has 2 aromatic rings. The highest BCUT2D eigenvalue weighted by Gasteiger charge is 2.53. The molecule has 2 aliphatic heterocycles. The number of nitrogens with one attached hydrogen (secondary N) is 3. The summed E-state index contributed by atoms with van der Waals surface area (Å²) in [5.74, 6) is -0.781. The Labute approximate surface area is 235 Å². The first-order valence-electron chi connectivity index (χ1n) is 14.8. The van der Waals surface area contributed by atoms with Crippen LogP contribution in [0.5, 0.6) is 0 Å². The van der Waals surface area contributed by atoms with Gasteiger partial charge in [-0.1, -0.05) is 19.3 Å². The predicted molar refractivity (Wildman–Crippen MR) is 150 cm³/mol. The van der Waals surface area contributed by atoms with Crippen LogP contribution in [0, 0.1) is 11.7 Å². The SMILES string of the molecule is CCOC(=O)CN1C[C@H](c2c[nH]c3cc(F)ccc23)[C@@H]2[C@H]1CCN2C(=O)C(NC(=O)[C@H](C)NC)C1CCCCC1. The molecule has 3 fully saturated rings. The van der Waals surface area contributed by atoms with Gasteiger partial charge in [-0.25, -0.2) is 4.39 Å². The molecule has 1 saturated carbocycles. The zero-order chi connectivity index (χ0) is 28.4. The molecule has 218 valence electrons. The minimum absolute atomic E-state index is 0.0114. The molecule has 5 atom stereocenters. The van der Waals surface area contributed by atoms with Crippen LogP contribution in [-0.2, 0) is 19.1 Å². The number of likely N-dealkylation sites (N-methyl/N-ethyl adjacent to an activating group) is 1. The lowest BCUT2D eigenvalue weighted by molar-refractivity contribution is -0.144. The van der Waals surface area contributed by atoms with Crippen molar-refractivity contribution in [1.29, 1.82) is 0 Å². The molecule has 0 bridgehead atoms. The van der Waals surface area contributed by atoms with Gasteiger partial charge in [0.05, 0.1) is 25.2 Å². The number of H-pyrrole nitrogens is 1. The van der Waals surface area contributed by atoms with Crippen molar-refractivity contribution in [2.75, 3.05) is 33.3 Å². The Kier molecular flexibility index (Phi) is 8.75. The van der Waals surface area contributed by atoms with Crippen molar-refractivity contribution in [2.45, 2.75) is 82.5 Å². The molecule has 0 spiro atoms. The van der Waals surface area contributed by atoms with E-state index < -0.39 is 12.1 Å².